The van der Waals surface area contributed by atoms with E-state index in [0.29, 0.717) is 16.9 Å². The van der Waals surface area contributed by atoms with Crippen LogP contribution in [-0.4, -0.2) is 21.6 Å². The van der Waals surface area contributed by atoms with Crippen LogP contribution in [0.1, 0.15) is 39.5 Å². The van der Waals surface area contributed by atoms with Crippen molar-refractivity contribution in [2.45, 2.75) is 12.3 Å². The maximum absolute atomic E-state index is 13.4. The lowest BCUT2D eigenvalue weighted by Crippen LogP contribution is -2.25. The Morgan fingerprint density at radius 1 is 1.18 bits per heavy atom. The van der Waals surface area contributed by atoms with Gasteiger partial charge >= 0.3 is 5.97 Å². The van der Waals surface area contributed by atoms with E-state index in [1.807, 2.05) is 6.07 Å². The van der Waals surface area contributed by atoms with Gasteiger partial charge in [0, 0.05) is 24.2 Å². The van der Waals surface area contributed by atoms with Crippen LogP contribution in [-0.2, 0) is 4.79 Å². The van der Waals surface area contributed by atoms with Crippen LogP contribution in [0.2, 0.25) is 0 Å². The first-order valence-electron chi connectivity index (χ1n) is 8.52. The fourth-order valence-electron chi connectivity index (χ4n) is 3.51. The summed E-state index contributed by atoms with van der Waals surface area (Å²) in [4.78, 5) is 24.0. The number of amides is 1. The molecule has 0 saturated heterocycles. The molecule has 0 fully saturated rings. The first-order chi connectivity index (χ1) is 13.5. The average molecular weight is 375 g/mol. The molecule has 7 heteroatoms. The maximum atomic E-state index is 13.4. The van der Waals surface area contributed by atoms with E-state index in [2.05, 4.69) is 5.32 Å². The van der Waals surface area contributed by atoms with Gasteiger partial charge in [0.25, 0.3) is 0 Å². The molecule has 1 aliphatic rings. The van der Waals surface area contributed by atoms with E-state index >= 15 is 0 Å². The SMILES string of the molecule is N#Cc1ccc([C@H]2CC(=O)Nc3c(C(=O)O)cn(-c4ccc(F)cc4)c32)cc1. The zero-order valence-corrected chi connectivity index (χ0v) is 14.5. The summed E-state index contributed by atoms with van der Waals surface area (Å²) in [6.45, 7) is 0. The number of carbonyl (C=O) groups excluding carboxylic acids is 1. The van der Waals surface area contributed by atoms with E-state index in [1.165, 1.54) is 18.3 Å². The molecule has 0 unspecified atom stereocenters. The number of carbonyl (C=O) groups is 2. The van der Waals surface area contributed by atoms with Gasteiger partial charge in [0.1, 0.15) is 11.4 Å². The summed E-state index contributed by atoms with van der Waals surface area (Å²) in [5.41, 5.74) is 2.67. The minimum Gasteiger partial charge on any atom is -0.478 e. The summed E-state index contributed by atoms with van der Waals surface area (Å²) in [5, 5.41) is 21.3. The van der Waals surface area contributed by atoms with Crippen LogP contribution in [0.3, 0.4) is 0 Å². The summed E-state index contributed by atoms with van der Waals surface area (Å²) in [6, 6.07) is 14.6. The third kappa shape index (κ3) is 2.91. The second-order valence-corrected chi connectivity index (χ2v) is 6.49. The van der Waals surface area contributed by atoms with E-state index < -0.39 is 17.7 Å². The largest absolute Gasteiger partial charge is 0.478 e. The highest BCUT2D eigenvalue weighted by Crippen LogP contribution is 2.41. The highest BCUT2D eigenvalue weighted by molar-refractivity contribution is 6.04. The number of nitrogens with zero attached hydrogens (tertiary/aromatic N) is 2. The van der Waals surface area contributed by atoms with Crippen LogP contribution < -0.4 is 5.32 Å². The Morgan fingerprint density at radius 3 is 2.46 bits per heavy atom. The molecule has 1 aliphatic heterocycles. The van der Waals surface area contributed by atoms with Crippen LogP contribution in [0, 0.1) is 17.1 Å². The van der Waals surface area contributed by atoms with Crippen molar-refractivity contribution in [2.24, 2.45) is 0 Å². The van der Waals surface area contributed by atoms with Gasteiger partial charge in [0.15, 0.2) is 0 Å². The molecule has 4 rings (SSSR count). The number of anilines is 1. The van der Waals surface area contributed by atoms with Crippen molar-refractivity contribution in [3.8, 4) is 11.8 Å². The quantitative estimate of drug-likeness (QED) is 0.730. The molecule has 2 N–H and O–H groups in total. The number of rotatable bonds is 3. The number of hydrogen-bond donors (Lipinski definition) is 2. The lowest BCUT2D eigenvalue weighted by molar-refractivity contribution is -0.116. The number of benzene rings is 2. The molecule has 138 valence electrons. The number of carboxylic acids is 1. The molecular formula is C21H14FN3O3. The van der Waals surface area contributed by atoms with Crippen molar-refractivity contribution in [1.82, 2.24) is 4.57 Å². The van der Waals surface area contributed by atoms with E-state index in [4.69, 9.17) is 5.26 Å². The zero-order valence-electron chi connectivity index (χ0n) is 14.5. The first-order valence-corrected chi connectivity index (χ1v) is 8.52. The Bertz CT molecular complexity index is 1130. The average Bonchev–Trinajstić information content (AvgIpc) is 3.07. The molecule has 0 radical (unpaired) electrons. The Morgan fingerprint density at radius 2 is 1.86 bits per heavy atom. The van der Waals surface area contributed by atoms with E-state index in [0.717, 1.165) is 5.56 Å². The van der Waals surface area contributed by atoms with Crippen LogP contribution in [0.4, 0.5) is 10.1 Å². The predicted molar refractivity (Wildman–Crippen MR) is 98.9 cm³/mol. The van der Waals surface area contributed by atoms with Gasteiger partial charge in [-0.2, -0.15) is 5.26 Å². The topological polar surface area (TPSA) is 95.1 Å². The number of nitriles is 1. The number of halogens is 1. The molecule has 1 amide bonds. The predicted octanol–water partition coefficient (Wildman–Crippen LogP) is 3.66. The Labute approximate surface area is 159 Å². The standard InChI is InChI=1S/C21H14FN3O3/c22-14-5-7-15(8-6-14)25-11-17(21(27)28)19-20(25)16(9-18(26)24-19)13-3-1-12(10-23)2-4-13/h1-8,11,16H,9H2,(H,24,26)(H,27,28)/t16-/m1/s1. The Hall–Kier alpha value is -3.92. The van der Waals surface area contributed by atoms with Gasteiger partial charge in [0.05, 0.1) is 23.0 Å². The van der Waals surface area contributed by atoms with Gasteiger partial charge in [-0.25, -0.2) is 9.18 Å². The van der Waals surface area contributed by atoms with Gasteiger partial charge in [-0.15, -0.1) is 0 Å². The Kier molecular flexibility index (Phi) is 4.17. The molecular weight excluding hydrogens is 361 g/mol. The van der Waals surface area contributed by atoms with Crippen molar-refractivity contribution in [3.05, 3.63) is 82.9 Å². The summed E-state index contributed by atoms with van der Waals surface area (Å²) >= 11 is 0. The van der Waals surface area contributed by atoms with Crippen LogP contribution in [0.15, 0.2) is 54.7 Å². The van der Waals surface area contributed by atoms with Gasteiger partial charge in [-0.3, -0.25) is 4.79 Å². The zero-order chi connectivity index (χ0) is 19.8. The number of aromatic carboxylic acids is 1. The molecule has 0 saturated carbocycles. The van der Waals surface area contributed by atoms with Crippen molar-refractivity contribution in [3.63, 3.8) is 0 Å². The molecule has 1 atom stereocenters. The van der Waals surface area contributed by atoms with Crippen molar-refractivity contribution >= 4 is 17.6 Å². The molecule has 0 bridgehead atoms. The fourth-order valence-corrected chi connectivity index (χ4v) is 3.51. The highest BCUT2D eigenvalue weighted by atomic mass is 19.1. The number of fused-ring (bicyclic) bond motifs is 1. The number of aromatic nitrogens is 1. The lowest BCUT2D eigenvalue weighted by atomic mass is 9.88. The van der Waals surface area contributed by atoms with Crippen molar-refractivity contribution < 1.29 is 19.1 Å². The first kappa shape index (κ1) is 17.5. The molecule has 2 aromatic carbocycles. The summed E-state index contributed by atoms with van der Waals surface area (Å²) in [6.07, 6.45) is 1.56. The maximum Gasteiger partial charge on any atom is 0.339 e. The Balaban J connectivity index is 1.94. The summed E-state index contributed by atoms with van der Waals surface area (Å²) < 4.78 is 15.0. The van der Waals surface area contributed by atoms with Crippen LogP contribution in [0.25, 0.3) is 5.69 Å². The summed E-state index contributed by atoms with van der Waals surface area (Å²) in [5.74, 6) is -2.27. The molecule has 3 aromatic rings. The minimum atomic E-state index is -1.17. The van der Waals surface area contributed by atoms with E-state index in [-0.39, 0.29) is 23.6 Å². The monoisotopic (exact) mass is 375 g/mol. The third-order valence-electron chi connectivity index (χ3n) is 4.80. The molecule has 0 aliphatic carbocycles. The molecule has 2 heterocycles. The lowest BCUT2D eigenvalue weighted by Gasteiger charge is -2.26. The van der Waals surface area contributed by atoms with Gasteiger partial charge in [-0.1, -0.05) is 12.1 Å². The molecule has 0 spiro atoms. The van der Waals surface area contributed by atoms with E-state index in [1.54, 1.807) is 41.0 Å². The second-order valence-electron chi connectivity index (χ2n) is 6.49. The third-order valence-corrected chi connectivity index (χ3v) is 4.80. The van der Waals surface area contributed by atoms with Gasteiger partial charge < -0.3 is 15.0 Å². The van der Waals surface area contributed by atoms with Gasteiger partial charge in [0.2, 0.25) is 5.91 Å². The second kappa shape index (κ2) is 6.67. The number of nitrogens with one attached hydrogen (secondary N) is 1. The van der Waals surface area contributed by atoms with E-state index in [9.17, 15) is 19.1 Å². The smallest absolute Gasteiger partial charge is 0.339 e. The minimum absolute atomic E-state index is 0.0361. The fraction of sp³-hybridized carbons (Fsp3) is 0.0952. The van der Waals surface area contributed by atoms with Crippen molar-refractivity contribution in [2.75, 3.05) is 5.32 Å². The normalized spacial score (nSPS) is 15.4. The number of carboxylic acid groups (broad SMARTS) is 1. The van der Waals surface area contributed by atoms with Crippen molar-refractivity contribution in [1.29, 1.82) is 5.26 Å². The highest BCUT2D eigenvalue weighted by Gasteiger charge is 2.34. The molecule has 1 aromatic heterocycles. The van der Waals surface area contributed by atoms with Crippen LogP contribution in [0.5, 0.6) is 0 Å². The molecule has 28 heavy (non-hydrogen) atoms. The summed E-state index contributed by atoms with van der Waals surface area (Å²) in [7, 11) is 0. The number of hydrogen-bond acceptors (Lipinski definition) is 3. The molecule has 6 nitrogen and oxygen atoms in total. The van der Waals surface area contributed by atoms with Gasteiger partial charge in [-0.05, 0) is 42.0 Å². The van der Waals surface area contributed by atoms with Crippen LogP contribution >= 0.6 is 0 Å².